The molecule has 4 nitrogen and oxygen atoms in total. The third kappa shape index (κ3) is 4.84. The number of rotatable bonds is 3. The SMILES string of the molecule is COCCC1CCN(C(=O)OC(C)(C)C)CC1C. The molecule has 1 heterocycles. The van der Waals surface area contributed by atoms with E-state index in [0.717, 1.165) is 32.5 Å². The van der Waals surface area contributed by atoms with E-state index in [9.17, 15) is 4.79 Å². The fourth-order valence-electron chi connectivity index (χ4n) is 2.38. The van der Waals surface area contributed by atoms with E-state index in [1.807, 2.05) is 25.7 Å². The molecular formula is C14H27NO3. The highest BCUT2D eigenvalue weighted by atomic mass is 16.6. The molecule has 1 rings (SSSR count). The Morgan fingerprint density at radius 1 is 1.39 bits per heavy atom. The molecular weight excluding hydrogens is 230 g/mol. The normalized spacial score (nSPS) is 25.1. The number of methoxy groups -OCH3 is 1. The molecule has 0 aromatic rings. The molecule has 18 heavy (non-hydrogen) atoms. The fourth-order valence-corrected chi connectivity index (χ4v) is 2.38. The van der Waals surface area contributed by atoms with Crippen molar-refractivity contribution in [1.82, 2.24) is 4.90 Å². The summed E-state index contributed by atoms with van der Waals surface area (Å²) in [6, 6.07) is 0. The van der Waals surface area contributed by atoms with Crippen molar-refractivity contribution in [2.45, 2.75) is 46.1 Å². The Balaban J connectivity index is 2.43. The van der Waals surface area contributed by atoms with E-state index in [-0.39, 0.29) is 6.09 Å². The molecule has 2 atom stereocenters. The Kier molecular flexibility index (Phi) is 5.45. The zero-order valence-electron chi connectivity index (χ0n) is 12.4. The summed E-state index contributed by atoms with van der Waals surface area (Å²) in [6.07, 6.45) is 1.95. The van der Waals surface area contributed by atoms with Crippen molar-refractivity contribution in [3.05, 3.63) is 0 Å². The molecule has 0 bridgehead atoms. The number of piperidine rings is 1. The summed E-state index contributed by atoms with van der Waals surface area (Å²) >= 11 is 0. The minimum absolute atomic E-state index is 0.181. The molecule has 0 aliphatic carbocycles. The maximum Gasteiger partial charge on any atom is 0.410 e. The van der Waals surface area contributed by atoms with E-state index in [2.05, 4.69) is 6.92 Å². The van der Waals surface area contributed by atoms with Crippen LogP contribution in [0.1, 0.15) is 40.5 Å². The van der Waals surface area contributed by atoms with E-state index < -0.39 is 5.60 Å². The van der Waals surface area contributed by atoms with Crippen LogP contribution in [-0.2, 0) is 9.47 Å². The van der Waals surface area contributed by atoms with Gasteiger partial charge in [0.25, 0.3) is 0 Å². The Bertz CT molecular complexity index is 273. The summed E-state index contributed by atoms with van der Waals surface area (Å²) in [6.45, 7) is 10.3. The van der Waals surface area contributed by atoms with Crippen LogP contribution >= 0.6 is 0 Å². The second-order valence-corrected chi connectivity index (χ2v) is 6.23. The first-order chi connectivity index (χ1) is 8.33. The largest absolute Gasteiger partial charge is 0.444 e. The van der Waals surface area contributed by atoms with Crippen LogP contribution in [0.15, 0.2) is 0 Å². The van der Waals surface area contributed by atoms with Crippen LogP contribution in [0.2, 0.25) is 0 Å². The first kappa shape index (κ1) is 15.3. The highest BCUT2D eigenvalue weighted by Gasteiger charge is 2.30. The lowest BCUT2D eigenvalue weighted by Crippen LogP contribution is -2.45. The molecule has 0 spiro atoms. The van der Waals surface area contributed by atoms with Crippen LogP contribution in [0.3, 0.4) is 0 Å². The molecule has 106 valence electrons. The minimum Gasteiger partial charge on any atom is -0.444 e. The van der Waals surface area contributed by atoms with Gasteiger partial charge in [0, 0.05) is 26.8 Å². The highest BCUT2D eigenvalue weighted by Crippen LogP contribution is 2.27. The van der Waals surface area contributed by atoms with Crippen LogP contribution in [0, 0.1) is 11.8 Å². The quantitative estimate of drug-likeness (QED) is 0.780. The maximum absolute atomic E-state index is 12.0. The van der Waals surface area contributed by atoms with Crippen LogP contribution in [-0.4, -0.2) is 43.4 Å². The van der Waals surface area contributed by atoms with Crippen LogP contribution in [0.4, 0.5) is 4.79 Å². The van der Waals surface area contributed by atoms with Crippen molar-refractivity contribution in [3.63, 3.8) is 0 Å². The van der Waals surface area contributed by atoms with Gasteiger partial charge in [-0.3, -0.25) is 0 Å². The van der Waals surface area contributed by atoms with Crippen molar-refractivity contribution in [1.29, 1.82) is 0 Å². The van der Waals surface area contributed by atoms with E-state index in [0.29, 0.717) is 11.8 Å². The van der Waals surface area contributed by atoms with Gasteiger partial charge in [-0.05, 0) is 45.4 Å². The molecule has 0 saturated carbocycles. The Morgan fingerprint density at radius 2 is 2.06 bits per heavy atom. The lowest BCUT2D eigenvalue weighted by Gasteiger charge is -2.37. The molecule has 1 fully saturated rings. The number of amides is 1. The van der Waals surface area contributed by atoms with Crippen LogP contribution in [0.5, 0.6) is 0 Å². The van der Waals surface area contributed by atoms with Gasteiger partial charge in [-0.15, -0.1) is 0 Å². The van der Waals surface area contributed by atoms with Crippen molar-refractivity contribution in [2.75, 3.05) is 26.8 Å². The van der Waals surface area contributed by atoms with Crippen LogP contribution in [0.25, 0.3) is 0 Å². The molecule has 0 N–H and O–H groups in total. The summed E-state index contributed by atoms with van der Waals surface area (Å²) in [4.78, 5) is 13.8. The molecule has 4 heteroatoms. The maximum atomic E-state index is 12.0. The van der Waals surface area contributed by atoms with E-state index >= 15 is 0 Å². The van der Waals surface area contributed by atoms with Gasteiger partial charge in [0.1, 0.15) is 5.60 Å². The molecule has 1 aliphatic rings. The molecule has 1 saturated heterocycles. The number of ether oxygens (including phenoxy) is 2. The molecule has 0 radical (unpaired) electrons. The summed E-state index contributed by atoms with van der Waals surface area (Å²) in [5.41, 5.74) is -0.410. The molecule has 0 aromatic heterocycles. The predicted molar refractivity (Wildman–Crippen MR) is 71.6 cm³/mol. The van der Waals surface area contributed by atoms with Crippen molar-refractivity contribution in [3.8, 4) is 0 Å². The van der Waals surface area contributed by atoms with Crippen molar-refractivity contribution in [2.24, 2.45) is 11.8 Å². The second-order valence-electron chi connectivity index (χ2n) is 6.23. The smallest absolute Gasteiger partial charge is 0.410 e. The van der Waals surface area contributed by atoms with Gasteiger partial charge in [-0.25, -0.2) is 4.79 Å². The van der Waals surface area contributed by atoms with Crippen molar-refractivity contribution >= 4 is 6.09 Å². The zero-order valence-corrected chi connectivity index (χ0v) is 12.4. The van der Waals surface area contributed by atoms with E-state index in [4.69, 9.17) is 9.47 Å². The number of hydrogen-bond acceptors (Lipinski definition) is 3. The van der Waals surface area contributed by atoms with Gasteiger partial charge in [0.05, 0.1) is 0 Å². The molecule has 0 aromatic carbocycles. The average Bonchev–Trinajstić information content (AvgIpc) is 2.25. The number of carbonyl (C=O) groups excluding carboxylic acids is 1. The summed E-state index contributed by atoms with van der Waals surface area (Å²) in [7, 11) is 1.74. The second kappa shape index (κ2) is 6.41. The van der Waals surface area contributed by atoms with Gasteiger partial charge >= 0.3 is 6.09 Å². The summed E-state index contributed by atoms with van der Waals surface area (Å²) < 4.78 is 10.5. The standard InChI is InChI=1S/C14H27NO3/c1-11-10-15(13(16)18-14(2,3)4)8-6-12(11)7-9-17-5/h11-12H,6-10H2,1-5H3. The topological polar surface area (TPSA) is 38.8 Å². The van der Waals surface area contributed by atoms with E-state index in [1.165, 1.54) is 0 Å². The average molecular weight is 257 g/mol. The number of likely N-dealkylation sites (tertiary alicyclic amines) is 1. The first-order valence-electron chi connectivity index (χ1n) is 6.80. The lowest BCUT2D eigenvalue weighted by atomic mass is 9.85. The minimum atomic E-state index is -0.410. The third-order valence-electron chi connectivity index (χ3n) is 3.43. The third-order valence-corrected chi connectivity index (χ3v) is 3.43. The van der Waals surface area contributed by atoms with Gasteiger partial charge in [0.2, 0.25) is 0 Å². The van der Waals surface area contributed by atoms with Gasteiger partial charge in [-0.2, -0.15) is 0 Å². The Morgan fingerprint density at radius 3 is 2.56 bits per heavy atom. The molecule has 1 aliphatic heterocycles. The number of nitrogens with zero attached hydrogens (tertiary/aromatic N) is 1. The summed E-state index contributed by atoms with van der Waals surface area (Å²) in [5.74, 6) is 1.17. The van der Waals surface area contributed by atoms with Gasteiger partial charge in [0.15, 0.2) is 0 Å². The monoisotopic (exact) mass is 257 g/mol. The lowest BCUT2D eigenvalue weighted by molar-refractivity contribution is 0.00947. The first-order valence-corrected chi connectivity index (χ1v) is 6.80. The van der Waals surface area contributed by atoms with Gasteiger partial charge < -0.3 is 14.4 Å². The zero-order chi connectivity index (χ0) is 13.8. The van der Waals surface area contributed by atoms with Crippen molar-refractivity contribution < 1.29 is 14.3 Å². The Hall–Kier alpha value is -0.770. The van der Waals surface area contributed by atoms with E-state index in [1.54, 1.807) is 7.11 Å². The summed E-state index contributed by atoms with van der Waals surface area (Å²) in [5, 5.41) is 0. The fraction of sp³-hybridized carbons (Fsp3) is 0.929. The number of carbonyl (C=O) groups is 1. The molecule has 2 unspecified atom stereocenters. The van der Waals surface area contributed by atoms with Crippen LogP contribution < -0.4 is 0 Å². The highest BCUT2D eigenvalue weighted by molar-refractivity contribution is 5.68. The number of hydrogen-bond donors (Lipinski definition) is 0. The van der Waals surface area contributed by atoms with Gasteiger partial charge in [-0.1, -0.05) is 6.92 Å². The predicted octanol–water partition coefficient (Wildman–Crippen LogP) is 2.92. The molecule has 1 amide bonds. The Labute approximate surface area is 111 Å².